The molecule has 104 valence electrons. The van der Waals surface area contributed by atoms with Gasteiger partial charge in [-0.25, -0.2) is 4.79 Å². The highest BCUT2D eigenvalue weighted by atomic mass is 16.4. The van der Waals surface area contributed by atoms with E-state index in [2.05, 4.69) is 10.6 Å². The second-order valence-corrected chi connectivity index (χ2v) is 4.73. The first kappa shape index (κ1) is 15.0. The molecule has 0 heterocycles. The number of aryl methyl sites for hydroxylation is 2. The molecule has 0 radical (unpaired) electrons. The first-order valence-electron chi connectivity index (χ1n) is 6.25. The summed E-state index contributed by atoms with van der Waals surface area (Å²) in [4.78, 5) is 22.3. The molecule has 5 heteroatoms. The fraction of sp³-hybridized carbons (Fsp3) is 0.429. The van der Waals surface area contributed by atoms with Gasteiger partial charge in [0.1, 0.15) is 0 Å². The van der Waals surface area contributed by atoms with Gasteiger partial charge in [-0.2, -0.15) is 0 Å². The average Bonchev–Trinajstić information content (AvgIpc) is 2.33. The van der Waals surface area contributed by atoms with Crippen molar-refractivity contribution in [3.8, 4) is 0 Å². The van der Waals surface area contributed by atoms with Gasteiger partial charge in [0, 0.05) is 12.2 Å². The molecule has 0 bridgehead atoms. The molecule has 0 aliphatic heterocycles. The van der Waals surface area contributed by atoms with E-state index in [-0.39, 0.29) is 6.03 Å². The maximum atomic E-state index is 11.7. The largest absolute Gasteiger partial charge is 0.481 e. The maximum absolute atomic E-state index is 11.7. The van der Waals surface area contributed by atoms with E-state index in [4.69, 9.17) is 5.11 Å². The molecule has 0 fully saturated rings. The van der Waals surface area contributed by atoms with Crippen LogP contribution in [0.1, 0.15) is 24.5 Å². The van der Waals surface area contributed by atoms with Gasteiger partial charge in [-0.1, -0.05) is 19.1 Å². The summed E-state index contributed by atoms with van der Waals surface area (Å²) in [6, 6.07) is 5.51. The Labute approximate surface area is 113 Å². The zero-order valence-corrected chi connectivity index (χ0v) is 11.5. The minimum Gasteiger partial charge on any atom is -0.481 e. The van der Waals surface area contributed by atoms with Gasteiger partial charge in [0.25, 0.3) is 0 Å². The highest BCUT2D eigenvalue weighted by molar-refractivity contribution is 5.90. The van der Waals surface area contributed by atoms with Crippen molar-refractivity contribution in [3.05, 3.63) is 29.3 Å². The number of anilines is 1. The molecule has 1 aromatic carbocycles. The molecule has 0 spiro atoms. The predicted octanol–water partition coefficient (Wildman–Crippen LogP) is 2.54. The summed E-state index contributed by atoms with van der Waals surface area (Å²) in [5.41, 5.74) is 2.82. The lowest BCUT2D eigenvalue weighted by Gasteiger charge is -2.11. The standard InChI is InChI=1S/C14H20N2O3/c1-9-4-5-10(2)12(8-9)16-14(19)15-7-6-11(3)13(17)18/h4-5,8,11H,6-7H2,1-3H3,(H,17,18)(H2,15,16,19). The minimum absolute atomic E-state index is 0.314. The molecule has 0 saturated carbocycles. The van der Waals surface area contributed by atoms with Crippen molar-refractivity contribution < 1.29 is 14.7 Å². The van der Waals surface area contributed by atoms with Crippen molar-refractivity contribution in [2.45, 2.75) is 27.2 Å². The molecule has 1 rings (SSSR count). The Bertz CT molecular complexity index is 472. The SMILES string of the molecule is Cc1ccc(C)c(NC(=O)NCCC(C)C(=O)O)c1. The lowest BCUT2D eigenvalue weighted by atomic mass is 10.1. The van der Waals surface area contributed by atoms with Gasteiger partial charge in [-0.05, 0) is 37.5 Å². The molecular formula is C14H20N2O3. The highest BCUT2D eigenvalue weighted by Gasteiger charge is 2.11. The van der Waals surface area contributed by atoms with Crippen LogP contribution in [0, 0.1) is 19.8 Å². The average molecular weight is 264 g/mol. The first-order valence-corrected chi connectivity index (χ1v) is 6.25. The van der Waals surface area contributed by atoms with Crippen LogP contribution in [0.25, 0.3) is 0 Å². The lowest BCUT2D eigenvalue weighted by molar-refractivity contribution is -0.141. The van der Waals surface area contributed by atoms with Gasteiger partial charge in [0.05, 0.1) is 5.92 Å². The number of carbonyl (C=O) groups excluding carboxylic acids is 1. The second-order valence-electron chi connectivity index (χ2n) is 4.73. The van der Waals surface area contributed by atoms with Crippen molar-refractivity contribution in [1.29, 1.82) is 0 Å². The van der Waals surface area contributed by atoms with Gasteiger partial charge >= 0.3 is 12.0 Å². The number of carboxylic acid groups (broad SMARTS) is 1. The molecule has 0 aliphatic carbocycles. The normalized spacial score (nSPS) is 11.7. The Morgan fingerprint density at radius 2 is 2.00 bits per heavy atom. The number of carboxylic acids is 1. The van der Waals surface area contributed by atoms with E-state index < -0.39 is 11.9 Å². The third-order valence-corrected chi connectivity index (χ3v) is 2.93. The molecule has 1 atom stereocenters. The van der Waals surface area contributed by atoms with Gasteiger partial charge in [0.2, 0.25) is 0 Å². The molecule has 5 nitrogen and oxygen atoms in total. The fourth-order valence-corrected chi connectivity index (χ4v) is 1.56. The van der Waals surface area contributed by atoms with Crippen molar-refractivity contribution >= 4 is 17.7 Å². The van der Waals surface area contributed by atoms with Crippen LogP contribution < -0.4 is 10.6 Å². The van der Waals surface area contributed by atoms with Crippen LogP contribution in [0.4, 0.5) is 10.5 Å². The number of amides is 2. The first-order chi connectivity index (χ1) is 8.90. The Hall–Kier alpha value is -2.04. The van der Waals surface area contributed by atoms with E-state index in [1.54, 1.807) is 6.92 Å². The van der Waals surface area contributed by atoms with Crippen LogP contribution >= 0.6 is 0 Å². The molecule has 0 saturated heterocycles. The van der Waals surface area contributed by atoms with Crippen LogP contribution in [0.3, 0.4) is 0 Å². The zero-order chi connectivity index (χ0) is 14.4. The van der Waals surface area contributed by atoms with Gasteiger partial charge in [-0.15, -0.1) is 0 Å². The molecule has 1 aromatic rings. The van der Waals surface area contributed by atoms with Crippen LogP contribution in [0.15, 0.2) is 18.2 Å². The molecule has 1 unspecified atom stereocenters. The summed E-state index contributed by atoms with van der Waals surface area (Å²) in [5.74, 6) is -1.31. The second kappa shape index (κ2) is 6.78. The van der Waals surface area contributed by atoms with Crippen LogP contribution in [-0.2, 0) is 4.79 Å². The Balaban J connectivity index is 2.43. The number of urea groups is 1. The summed E-state index contributed by atoms with van der Waals surface area (Å²) in [6.07, 6.45) is 0.412. The van der Waals surface area contributed by atoms with E-state index in [9.17, 15) is 9.59 Å². The quantitative estimate of drug-likeness (QED) is 0.764. The molecule has 19 heavy (non-hydrogen) atoms. The summed E-state index contributed by atoms with van der Waals surface area (Å²) >= 11 is 0. The number of aliphatic carboxylic acids is 1. The summed E-state index contributed by atoms with van der Waals surface area (Å²) < 4.78 is 0. The Morgan fingerprint density at radius 1 is 1.32 bits per heavy atom. The summed E-state index contributed by atoms with van der Waals surface area (Å²) in [6.45, 7) is 5.83. The number of carbonyl (C=O) groups is 2. The van der Waals surface area contributed by atoms with E-state index in [0.717, 1.165) is 16.8 Å². The third kappa shape index (κ3) is 4.99. The summed E-state index contributed by atoms with van der Waals surface area (Å²) in [5, 5.41) is 14.1. The van der Waals surface area contributed by atoms with Crippen molar-refractivity contribution in [2.75, 3.05) is 11.9 Å². The van der Waals surface area contributed by atoms with Gasteiger partial charge in [-0.3, -0.25) is 4.79 Å². The number of nitrogens with one attached hydrogen (secondary N) is 2. The topological polar surface area (TPSA) is 78.4 Å². The van der Waals surface area contributed by atoms with Crippen LogP contribution in [-0.4, -0.2) is 23.7 Å². The fourth-order valence-electron chi connectivity index (χ4n) is 1.56. The highest BCUT2D eigenvalue weighted by Crippen LogP contribution is 2.15. The summed E-state index contributed by atoms with van der Waals surface area (Å²) in [7, 11) is 0. The Kier molecular flexibility index (Phi) is 5.36. The van der Waals surface area contributed by atoms with Gasteiger partial charge in [0.15, 0.2) is 0 Å². The third-order valence-electron chi connectivity index (χ3n) is 2.93. The molecule has 3 N–H and O–H groups in total. The monoisotopic (exact) mass is 264 g/mol. The van der Waals surface area contributed by atoms with E-state index in [1.165, 1.54) is 0 Å². The molecule has 0 aromatic heterocycles. The minimum atomic E-state index is -0.850. The zero-order valence-electron chi connectivity index (χ0n) is 11.5. The lowest BCUT2D eigenvalue weighted by Crippen LogP contribution is -2.31. The van der Waals surface area contributed by atoms with Crippen LogP contribution in [0.2, 0.25) is 0 Å². The number of hydrogen-bond acceptors (Lipinski definition) is 2. The van der Waals surface area contributed by atoms with E-state index in [0.29, 0.717) is 13.0 Å². The van der Waals surface area contributed by atoms with Crippen molar-refractivity contribution in [3.63, 3.8) is 0 Å². The number of benzene rings is 1. The number of rotatable bonds is 5. The van der Waals surface area contributed by atoms with Crippen molar-refractivity contribution in [2.24, 2.45) is 5.92 Å². The van der Waals surface area contributed by atoms with E-state index in [1.807, 2.05) is 32.0 Å². The van der Waals surface area contributed by atoms with Crippen molar-refractivity contribution in [1.82, 2.24) is 5.32 Å². The molecule has 0 aliphatic rings. The number of hydrogen-bond donors (Lipinski definition) is 3. The maximum Gasteiger partial charge on any atom is 0.319 e. The Morgan fingerprint density at radius 3 is 2.63 bits per heavy atom. The van der Waals surface area contributed by atoms with Gasteiger partial charge < -0.3 is 15.7 Å². The molecular weight excluding hydrogens is 244 g/mol. The van der Waals surface area contributed by atoms with E-state index >= 15 is 0 Å². The molecule has 2 amide bonds. The van der Waals surface area contributed by atoms with Crippen LogP contribution in [0.5, 0.6) is 0 Å². The predicted molar refractivity (Wildman–Crippen MR) is 74.4 cm³/mol. The smallest absolute Gasteiger partial charge is 0.319 e.